The molecular formula is C12H24N2O. The lowest BCUT2D eigenvalue weighted by molar-refractivity contribution is 0.194. The van der Waals surface area contributed by atoms with Gasteiger partial charge in [0.25, 0.3) is 0 Å². The van der Waals surface area contributed by atoms with Gasteiger partial charge in [-0.3, -0.25) is 4.90 Å². The van der Waals surface area contributed by atoms with E-state index in [-0.39, 0.29) is 6.61 Å². The molecule has 0 amide bonds. The highest BCUT2D eigenvalue weighted by atomic mass is 16.3. The van der Waals surface area contributed by atoms with E-state index in [1.54, 1.807) is 0 Å². The second kappa shape index (κ2) is 4.81. The van der Waals surface area contributed by atoms with Gasteiger partial charge in [0.15, 0.2) is 0 Å². The summed E-state index contributed by atoms with van der Waals surface area (Å²) in [5.41, 5.74) is 0. The van der Waals surface area contributed by atoms with Crippen LogP contribution in [0.25, 0.3) is 0 Å². The van der Waals surface area contributed by atoms with E-state index in [1.165, 1.54) is 32.4 Å². The summed E-state index contributed by atoms with van der Waals surface area (Å²) in [6.45, 7) is 7.15. The highest BCUT2D eigenvalue weighted by Gasteiger charge is 2.37. The van der Waals surface area contributed by atoms with E-state index in [4.69, 9.17) is 5.11 Å². The molecule has 2 fully saturated rings. The van der Waals surface area contributed by atoms with Crippen LogP contribution in [0.15, 0.2) is 0 Å². The van der Waals surface area contributed by atoms with Crippen LogP contribution >= 0.6 is 0 Å². The van der Waals surface area contributed by atoms with Crippen LogP contribution in [-0.4, -0.2) is 47.8 Å². The SMILES string of the molecule is CC(CO)C(C)NC1CCN2CCCC12. The van der Waals surface area contributed by atoms with E-state index in [0.29, 0.717) is 18.0 Å². The standard InChI is InChI=1S/C12H24N2O/c1-9(8-15)10(2)13-11-5-7-14-6-3-4-12(11)14/h9-13,15H,3-8H2,1-2H3. The predicted octanol–water partition coefficient (Wildman–Crippen LogP) is 0.830. The first-order valence-corrected chi connectivity index (χ1v) is 6.33. The van der Waals surface area contributed by atoms with Gasteiger partial charge in [0.2, 0.25) is 0 Å². The molecule has 0 aromatic carbocycles. The molecule has 15 heavy (non-hydrogen) atoms. The van der Waals surface area contributed by atoms with Crippen molar-refractivity contribution in [2.45, 2.75) is 51.2 Å². The van der Waals surface area contributed by atoms with Crippen LogP contribution in [0.3, 0.4) is 0 Å². The molecule has 2 saturated heterocycles. The summed E-state index contributed by atoms with van der Waals surface area (Å²) >= 11 is 0. The van der Waals surface area contributed by atoms with Crippen molar-refractivity contribution in [1.82, 2.24) is 10.2 Å². The summed E-state index contributed by atoms with van der Waals surface area (Å²) in [5.74, 6) is 0.362. The molecule has 2 aliphatic rings. The molecule has 0 aromatic rings. The van der Waals surface area contributed by atoms with Crippen molar-refractivity contribution in [3.8, 4) is 0 Å². The Kier molecular flexibility index (Phi) is 3.65. The van der Waals surface area contributed by atoms with Gasteiger partial charge < -0.3 is 10.4 Å². The maximum atomic E-state index is 9.12. The van der Waals surface area contributed by atoms with Crippen LogP contribution in [0.2, 0.25) is 0 Å². The zero-order chi connectivity index (χ0) is 10.8. The molecule has 88 valence electrons. The van der Waals surface area contributed by atoms with Crippen LogP contribution in [0, 0.1) is 5.92 Å². The minimum atomic E-state index is 0.287. The number of hydrogen-bond acceptors (Lipinski definition) is 3. The Hall–Kier alpha value is -0.120. The van der Waals surface area contributed by atoms with Gasteiger partial charge in [0.1, 0.15) is 0 Å². The summed E-state index contributed by atoms with van der Waals surface area (Å²) in [7, 11) is 0. The monoisotopic (exact) mass is 212 g/mol. The maximum absolute atomic E-state index is 9.12. The molecule has 4 atom stereocenters. The number of aliphatic hydroxyl groups excluding tert-OH is 1. The molecule has 0 saturated carbocycles. The normalized spacial score (nSPS) is 35.4. The minimum Gasteiger partial charge on any atom is -0.396 e. The Morgan fingerprint density at radius 3 is 2.87 bits per heavy atom. The highest BCUT2D eigenvalue weighted by Crippen LogP contribution is 2.28. The topological polar surface area (TPSA) is 35.5 Å². The molecule has 0 bridgehead atoms. The largest absolute Gasteiger partial charge is 0.396 e. The van der Waals surface area contributed by atoms with Gasteiger partial charge in [0.05, 0.1) is 0 Å². The molecule has 2 N–H and O–H groups in total. The van der Waals surface area contributed by atoms with Gasteiger partial charge in [0, 0.05) is 31.3 Å². The second-order valence-electron chi connectivity index (χ2n) is 5.26. The Morgan fingerprint density at radius 2 is 2.13 bits per heavy atom. The number of fused-ring (bicyclic) bond motifs is 1. The Balaban J connectivity index is 1.84. The molecule has 0 aromatic heterocycles. The summed E-state index contributed by atoms with van der Waals surface area (Å²) in [5, 5.41) is 12.8. The van der Waals surface area contributed by atoms with Gasteiger partial charge in [-0.05, 0) is 38.6 Å². The van der Waals surface area contributed by atoms with Crippen LogP contribution in [0.5, 0.6) is 0 Å². The van der Waals surface area contributed by atoms with E-state index < -0.39 is 0 Å². The quantitative estimate of drug-likeness (QED) is 0.724. The predicted molar refractivity (Wildman–Crippen MR) is 61.8 cm³/mol. The Morgan fingerprint density at radius 1 is 1.33 bits per heavy atom. The first kappa shape index (κ1) is 11.4. The van der Waals surface area contributed by atoms with Crippen LogP contribution in [0.4, 0.5) is 0 Å². The van der Waals surface area contributed by atoms with Crippen molar-refractivity contribution in [3.63, 3.8) is 0 Å². The number of aliphatic hydroxyl groups is 1. The van der Waals surface area contributed by atoms with Crippen molar-refractivity contribution in [1.29, 1.82) is 0 Å². The molecule has 4 unspecified atom stereocenters. The van der Waals surface area contributed by atoms with E-state index in [9.17, 15) is 0 Å². The van der Waals surface area contributed by atoms with E-state index in [1.807, 2.05) is 0 Å². The smallest absolute Gasteiger partial charge is 0.0471 e. The number of nitrogens with one attached hydrogen (secondary N) is 1. The zero-order valence-corrected chi connectivity index (χ0v) is 9.95. The van der Waals surface area contributed by atoms with E-state index >= 15 is 0 Å². The fraction of sp³-hybridized carbons (Fsp3) is 1.00. The molecule has 0 spiro atoms. The molecule has 2 rings (SSSR count). The fourth-order valence-electron chi connectivity index (χ4n) is 2.94. The van der Waals surface area contributed by atoms with Crippen molar-refractivity contribution in [2.75, 3.05) is 19.7 Å². The molecule has 0 aliphatic carbocycles. The zero-order valence-electron chi connectivity index (χ0n) is 9.95. The van der Waals surface area contributed by atoms with Gasteiger partial charge in [-0.25, -0.2) is 0 Å². The van der Waals surface area contributed by atoms with Crippen LogP contribution < -0.4 is 5.32 Å². The number of nitrogens with zero attached hydrogens (tertiary/aromatic N) is 1. The van der Waals surface area contributed by atoms with E-state index in [2.05, 4.69) is 24.1 Å². The fourth-order valence-corrected chi connectivity index (χ4v) is 2.94. The average Bonchev–Trinajstić information content (AvgIpc) is 2.81. The molecule has 2 aliphatic heterocycles. The Labute approximate surface area is 92.8 Å². The average molecular weight is 212 g/mol. The lowest BCUT2D eigenvalue weighted by Gasteiger charge is -2.27. The summed E-state index contributed by atoms with van der Waals surface area (Å²) in [6, 6.07) is 1.87. The summed E-state index contributed by atoms with van der Waals surface area (Å²) in [6.07, 6.45) is 4.01. The van der Waals surface area contributed by atoms with Gasteiger partial charge in [-0.1, -0.05) is 6.92 Å². The van der Waals surface area contributed by atoms with Crippen LogP contribution in [0.1, 0.15) is 33.1 Å². The van der Waals surface area contributed by atoms with Gasteiger partial charge in [-0.15, -0.1) is 0 Å². The summed E-state index contributed by atoms with van der Waals surface area (Å²) < 4.78 is 0. The van der Waals surface area contributed by atoms with Gasteiger partial charge >= 0.3 is 0 Å². The number of hydrogen-bond donors (Lipinski definition) is 2. The Bertz CT molecular complexity index is 210. The lowest BCUT2D eigenvalue weighted by Crippen LogP contribution is -2.46. The van der Waals surface area contributed by atoms with Crippen molar-refractivity contribution in [2.24, 2.45) is 5.92 Å². The summed E-state index contributed by atoms with van der Waals surface area (Å²) in [4.78, 5) is 2.62. The second-order valence-corrected chi connectivity index (χ2v) is 5.26. The number of rotatable bonds is 4. The molecule has 2 heterocycles. The molecule has 3 nitrogen and oxygen atoms in total. The van der Waals surface area contributed by atoms with Crippen molar-refractivity contribution < 1.29 is 5.11 Å². The maximum Gasteiger partial charge on any atom is 0.0471 e. The third-order valence-electron chi connectivity index (χ3n) is 4.22. The van der Waals surface area contributed by atoms with Gasteiger partial charge in [-0.2, -0.15) is 0 Å². The van der Waals surface area contributed by atoms with Crippen molar-refractivity contribution in [3.05, 3.63) is 0 Å². The molecule has 3 heteroatoms. The van der Waals surface area contributed by atoms with Crippen LogP contribution in [-0.2, 0) is 0 Å². The minimum absolute atomic E-state index is 0.287. The molecular weight excluding hydrogens is 188 g/mol. The first-order chi connectivity index (χ1) is 7.22. The first-order valence-electron chi connectivity index (χ1n) is 6.33. The lowest BCUT2D eigenvalue weighted by atomic mass is 10.0. The van der Waals surface area contributed by atoms with E-state index in [0.717, 1.165) is 6.04 Å². The third-order valence-corrected chi connectivity index (χ3v) is 4.22. The van der Waals surface area contributed by atoms with Crippen molar-refractivity contribution >= 4 is 0 Å². The highest BCUT2D eigenvalue weighted by molar-refractivity contribution is 4.96. The molecule has 0 radical (unpaired) electrons. The third kappa shape index (κ3) is 2.35.